The standard InChI is InChI=1S/C27H25N3O3S.C2H6/c1-4-18-11-12-23-22(14-18)26(30-25(29-23)19-8-5-7-17(2)13-19)34-16-24(31)28-21-10-6-9-20(15-21)27(32)33-3;1-2/h5-15H,4,16H2,1-3H3,(H,28,31);1-2H3. The lowest BCUT2D eigenvalue weighted by Crippen LogP contribution is -2.14. The number of nitrogens with zero attached hydrogens (tertiary/aromatic N) is 2. The molecule has 1 amide bonds. The van der Waals surface area contributed by atoms with E-state index in [9.17, 15) is 9.59 Å². The first kappa shape index (κ1) is 26.9. The third kappa shape index (κ3) is 6.70. The van der Waals surface area contributed by atoms with Crippen LogP contribution in [0.5, 0.6) is 0 Å². The number of carbonyl (C=O) groups is 2. The number of esters is 1. The van der Waals surface area contributed by atoms with Gasteiger partial charge in [0.25, 0.3) is 0 Å². The summed E-state index contributed by atoms with van der Waals surface area (Å²) >= 11 is 1.37. The van der Waals surface area contributed by atoms with E-state index in [0.717, 1.165) is 33.5 Å². The number of nitrogens with one attached hydrogen (secondary N) is 1. The molecule has 4 rings (SSSR count). The van der Waals surface area contributed by atoms with Gasteiger partial charge in [0.15, 0.2) is 5.82 Å². The van der Waals surface area contributed by atoms with E-state index in [4.69, 9.17) is 14.7 Å². The number of rotatable bonds is 7. The van der Waals surface area contributed by atoms with Crippen LogP contribution < -0.4 is 5.32 Å². The van der Waals surface area contributed by atoms with Crippen molar-refractivity contribution in [1.82, 2.24) is 9.97 Å². The SMILES string of the molecule is CC.CCc1ccc2nc(-c3cccc(C)c3)nc(SCC(=O)Nc3cccc(C(=O)OC)c3)c2c1. The molecule has 1 heterocycles. The number of hydrogen-bond acceptors (Lipinski definition) is 6. The summed E-state index contributed by atoms with van der Waals surface area (Å²) in [4.78, 5) is 34.1. The van der Waals surface area contributed by atoms with Gasteiger partial charge in [0.1, 0.15) is 5.03 Å². The molecule has 0 aliphatic heterocycles. The molecule has 0 bridgehead atoms. The molecule has 7 heteroatoms. The van der Waals surface area contributed by atoms with Crippen molar-refractivity contribution in [2.45, 2.75) is 39.1 Å². The Morgan fingerprint density at radius 3 is 2.47 bits per heavy atom. The van der Waals surface area contributed by atoms with Gasteiger partial charge in [-0.15, -0.1) is 0 Å². The third-order valence-corrected chi connectivity index (χ3v) is 6.31. The number of benzene rings is 3. The first-order chi connectivity index (χ1) is 17.5. The van der Waals surface area contributed by atoms with Crippen molar-refractivity contribution in [2.75, 3.05) is 18.2 Å². The highest BCUT2D eigenvalue weighted by Crippen LogP contribution is 2.30. The van der Waals surface area contributed by atoms with Gasteiger partial charge in [-0.2, -0.15) is 0 Å². The van der Waals surface area contributed by atoms with Crippen molar-refractivity contribution in [2.24, 2.45) is 0 Å². The first-order valence-electron chi connectivity index (χ1n) is 12.0. The topological polar surface area (TPSA) is 81.2 Å². The second-order valence-corrected chi connectivity index (χ2v) is 8.80. The molecule has 0 spiro atoms. The summed E-state index contributed by atoms with van der Waals surface area (Å²) < 4.78 is 4.75. The summed E-state index contributed by atoms with van der Waals surface area (Å²) in [5, 5.41) is 4.54. The van der Waals surface area contributed by atoms with Gasteiger partial charge in [0.2, 0.25) is 5.91 Å². The van der Waals surface area contributed by atoms with E-state index in [1.807, 2.05) is 45.0 Å². The van der Waals surface area contributed by atoms with Crippen molar-refractivity contribution >= 4 is 40.2 Å². The molecule has 1 N–H and O–H groups in total. The number of fused-ring (bicyclic) bond motifs is 1. The highest BCUT2D eigenvalue weighted by atomic mass is 32.2. The van der Waals surface area contributed by atoms with E-state index < -0.39 is 5.97 Å². The van der Waals surface area contributed by atoms with E-state index in [-0.39, 0.29) is 11.7 Å². The van der Waals surface area contributed by atoms with Crippen LogP contribution in [0.4, 0.5) is 5.69 Å². The van der Waals surface area contributed by atoms with Crippen LogP contribution in [0, 0.1) is 6.92 Å². The fourth-order valence-electron chi connectivity index (χ4n) is 3.56. The van der Waals surface area contributed by atoms with Crippen LogP contribution in [-0.4, -0.2) is 34.7 Å². The number of hydrogen-bond donors (Lipinski definition) is 1. The Hall–Kier alpha value is -3.71. The molecule has 0 unspecified atom stereocenters. The molecule has 0 aliphatic carbocycles. The first-order valence-corrected chi connectivity index (χ1v) is 12.9. The van der Waals surface area contributed by atoms with Gasteiger partial charge >= 0.3 is 5.97 Å². The average molecular weight is 502 g/mol. The van der Waals surface area contributed by atoms with E-state index in [0.29, 0.717) is 17.1 Å². The van der Waals surface area contributed by atoms with Crippen molar-refractivity contribution in [3.8, 4) is 11.4 Å². The molecule has 1 aromatic heterocycles. The smallest absolute Gasteiger partial charge is 0.337 e. The second kappa shape index (κ2) is 12.8. The molecule has 36 heavy (non-hydrogen) atoms. The monoisotopic (exact) mass is 501 g/mol. The van der Waals surface area contributed by atoms with Crippen molar-refractivity contribution in [3.63, 3.8) is 0 Å². The lowest BCUT2D eigenvalue weighted by Gasteiger charge is -2.11. The number of aryl methyl sites for hydroxylation is 2. The van der Waals surface area contributed by atoms with Crippen LogP contribution in [-0.2, 0) is 16.0 Å². The summed E-state index contributed by atoms with van der Waals surface area (Å²) in [7, 11) is 1.32. The van der Waals surface area contributed by atoms with E-state index in [2.05, 4.69) is 30.4 Å². The summed E-state index contributed by atoms with van der Waals surface area (Å²) in [6.07, 6.45) is 0.900. The number of aromatic nitrogens is 2. The lowest BCUT2D eigenvalue weighted by atomic mass is 10.1. The van der Waals surface area contributed by atoms with Gasteiger partial charge in [0, 0.05) is 16.6 Å². The molecule has 0 radical (unpaired) electrons. The Bertz CT molecular complexity index is 1370. The van der Waals surface area contributed by atoms with Crippen LogP contribution in [0.2, 0.25) is 0 Å². The molecule has 4 aromatic rings. The van der Waals surface area contributed by atoms with Crippen LogP contribution >= 0.6 is 11.8 Å². The zero-order valence-electron chi connectivity index (χ0n) is 21.3. The fourth-order valence-corrected chi connectivity index (χ4v) is 4.37. The molecule has 0 fully saturated rings. The van der Waals surface area contributed by atoms with E-state index in [1.165, 1.54) is 24.4 Å². The number of amides is 1. The summed E-state index contributed by atoms with van der Waals surface area (Å²) in [5.74, 6) is 0.156. The highest BCUT2D eigenvalue weighted by Gasteiger charge is 2.14. The normalized spacial score (nSPS) is 10.4. The Kier molecular flexibility index (Phi) is 9.59. The molecule has 6 nitrogen and oxygen atoms in total. The van der Waals surface area contributed by atoms with Gasteiger partial charge in [-0.25, -0.2) is 14.8 Å². The minimum atomic E-state index is -0.451. The molecule has 186 valence electrons. The number of anilines is 1. The fraction of sp³-hybridized carbons (Fsp3) is 0.241. The molecular weight excluding hydrogens is 470 g/mol. The van der Waals surface area contributed by atoms with E-state index in [1.54, 1.807) is 24.3 Å². The number of ether oxygens (including phenoxy) is 1. The average Bonchev–Trinajstić information content (AvgIpc) is 2.92. The second-order valence-electron chi connectivity index (χ2n) is 7.84. The maximum Gasteiger partial charge on any atom is 0.337 e. The maximum atomic E-state index is 12.7. The van der Waals surface area contributed by atoms with Gasteiger partial charge < -0.3 is 10.1 Å². The summed E-state index contributed by atoms with van der Waals surface area (Å²) in [5.41, 5.74) is 5.01. The zero-order chi connectivity index (χ0) is 26.1. The van der Waals surface area contributed by atoms with E-state index >= 15 is 0 Å². The number of carbonyl (C=O) groups excluding carboxylic acids is 2. The van der Waals surface area contributed by atoms with Gasteiger partial charge in [0.05, 0.1) is 23.9 Å². The summed E-state index contributed by atoms with van der Waals surface area (Å²) in [6, 6.07) is 20.9. The van der Waals surface area contributed by atoms with Crippen LogP contribution in [0.1, 0.15) is 42.3 Å². The number of methoxy groups -OCH3 is 1. The Morgan fingerprint density at radius 2 is 1.75 bits per heavy atom. The van der Waals surface area contributed by atoms with Gasteiger partial charge in [-0.05, 0) is 55.3 Å². The van der Waals surface area contributed by atoms with Crippen molar-refractivity contribution in [1.29, 1.82) is 0 Å². The minimum absolute atomic E-state index is 0.165. The van der Waals surface area contributed by atoms with Crippen molar-refractivity contribution in [3.05, 3.63) is 83.4 Å². The van der Waals surface area contributed by atoms with Crippen LogP contribution in [0.25, 0.3) is 22.3 Å². The van der Waals surface area contributed by atoms with Crippen LogP contribution in [0.15, 0.2) is 71.8 Å². The Morgan fingerprint density at radius 1 is 0.972 bits per heavy atom. The zero-order valence-corrected chi connectivity index (χ0v) is 22.1. The van der Waals surface area contributed by atoms with Gasteiger partial charge in [-0.1, -0.05) is 68.4 Å². The number of thioether (sulfide) groups is 1. The predicted octanol–water partition coefficient (Wildman–Crippen LogP) is 6.71. The summed E-state index contributed by atoms with van der Waals surface area (Å²) in [6.45, 7) is 8.14. The minimum Gasteiger partial charge on any atom is -0.465 e. The largest absolute Gasteiger partial charge is 0.465 e. The third-order valence-electron chi connectivity index (χ3n) is 5.32. The Balaban J connectivity index is 0.00000176. The highest BCUT2D eigenvalue weighted by molar-refractivity contribution is 8.00. The molecule has 0 aliphatic rings. The molecule has 3 aromatic carbocycles. The molecule has 0 saturated carbocycles. The van der Waals surface area contributed by atoms with Crippen molar-refractivity contribution < 1.29 is 14.3 Å². The molecular formula is C29H31N3O3S. The molecule has 0 atom stereocenters. The molecule has 0 saturated heterocycles. The predicted molar refractivity (Wildman–Crippen MR) is 148 cm³/mol. The van der Waals surface area contributed by atoms with Crippen LogP contribution in [0.3, 0.4) is 0 Å². The van der Waals surface area contributed by atoms with Gasteiger partial charge in [-0.3, -0.25) is 4.79 Å². The quantitative estimate of drug-likeness (QED) is 0.172. The Labute approximate surface area is 216 Å². The lowest BCUT2D eigenvalue weighted by molar-refractivity contribution is -0.113. The maximum absolute atomic E-state index is 12.7.